The minimum Gasteiger partial charge on any atom is -0.486 e. The van der Waals surface area contributed by atoms with E-state index in [0.717, 1.165) is 12.5 Å². The fourth-order valence-electron chi connectivity index (χ4n) is 9.06. The molecule has 45 heavy (non-hydrogen) atoms. The van der Waals surface area contributed by atoms with Gasteiger partial charge in [-0.3, -0.25) is 14.9 Å². The zero-order valence-corrected chi connectivity index (χ0v) is 26.0. The van der Waals surface area contributed by atoms with Crippen LogP contribution in [0, 0.1) is 22.7 Å². The number of ketones is 2. The summed E-state index contributed by atoms with van der Waals surface area (Å²) in [5.41, 5.74) is -5.91. The number of rotatable bonds is 8. The molecule has 0 spiro atoms. The Kier molecular flexibility index (Phi) is 7.97. The molecule has 11 heteroatoms. The van der Waals surface area contributed by atoms with Gasteiger partial charge in [0.15, 0.2) is 23.3 Å². The van der Waals surface area contributed by atoms with E-state index in [1.54, 1.807) is 38.1 Å². The standard InChI is InChI=1S/C34H41F2NO8/c1-5-7-29-44-28-16-22-23-15-25(35)24-14-20(38)12-13-31(24,3)33(23,36)26(39)17-32(22,4)34(28,45-29)27(40)18-43-21-10-8-19(9-11-21)37-30(41)42-6-2/h8-14,22-23,25-26,28-29,39H,5-7,15-18H2,1-4H3,(H,37,41)/t22-,23-,25-,26-,28+,29?,31-,32-,33-,34+/m0/s1. The van der Waals surface area contributed by atoms with Gasteiger partial charge in [0.05, 0.1) is 18.8 Å². The van der Waals surface area contributed by atoms with Gasteiger partial charge in [0.2, 0.25) is 5.78 Å². The third-order valence-electron chi connectivity index (χ3n) is 11.1. The normalized spacial score (nSPS) is 41.3. The predicted octanol–water partition coefficient (Wildman–Crippen LogP) is 5.41. The first-order valence-corrected chi connectivity index (χ1v) is 15.8. The third-order valence-corrected chi connectivity index (χ3v) is 11.1. The summed E-state index contributed by atoms with van der Waals surface area (Å²) in [7, 11) is 0. The molecular weight excluding hydrogens is 588 g/mol. The number of amides is 1. The zero-order valence-electron chi connectivity index (χ0n) is 26.0. The highest BCUT2D eigenvalue weighted by atomic mass is 19.1. The van der Waals surface area contributed by atoms with Crippen LogP contribution in [0.1, 0.15) is 59.8 Å². The highest BCUT2D eigenvalue weighted by Crippen LogP contribution is 2.72. The Morgan fingerprint density at radius 1 is 1.13 bits per heavy atom. The molecular formula is C34H41F2NO8. The molecule has 9 nitrogen and oxygen atoms in total. The number of hydrogen-bond acceptors (Lipinski definition) is 8. The van der Waals surface area contributed by atoms with E-state index in [-0.39, 0.29) is 38.0 Å². The number of halogens is 2. The predicted molar refractivity (Wildman–Crippen MR) is 159 cm³/mol. The first-order valence-electron chi connectivity index (χ1n) is 15.8. The van der Waals surface area contributed by atoms with Crippen LogP contribution < -0.4 is 10.1 Å². The smallest absolute Gasteiger partial charge is 0.411 e. The number of alkyl halides is 2. The number of fused-ring (bicyclic) bond motifs is 7. The summed E-state index contributed by atoms with van der Waals surface area (Å²) in [6, 6.07) is 6.44. The van der Waals surface area contributed by atoms with Gasteiger partial charge in [0.25, 0.3) is 0 Å². The number of carbonyl (C=O) groups is 3. The maximum absolute atomic E-state index is 17.6. The van der Waals surface area contributed by atoms with E-state index >= 15 is 8.78 Å². The van der Waals surface area contributed by atoms with E-state index in [9.17, 15) is 19.5 Å². The highest BCUT2D eigenvalue weighted by Gasteiger charge is 2.80. The maximum Gasteiger partial charge on any atom is 0.411 e. The lowest BCUT2D eigenvalue weighted by Gasteiger charge is -2.63. The molecule has 6 rings (SSSR count). The van der Waals surface area contributed by atoms with E-state index < -0.39 is 76.3 Å². The Morgan fingerprint density at radius 3 is 2.56 bits per heavy atom. The topological polar surface area (TPSA) is 120 Å². The Balaban J connectivity index is 1.30. The molecule has 244 valence electrons. The van der Waals surface area contributed by atoms with E-state index in [4.69, 9.17) is 18.9 Å². The van der Waals surface area contributed by atoms with Crippen molar-refractivity contribution >= 4 is 23.3 Å². The Hall–Kier alpha value is -3.15. The highest BCUT2D eigenvalue weighted by molar-refractivity contribution is 6.01. The molecule has 1 heterocycles. The molecule has 1 amide bonds. The number of anilines is 1. The van der Waals surface area contributed by atoms with Crippen molar-refractivity contribution in [2.24, 2.45) is 22.7 Å². The quantitative estimate of drug-likeness (QED) is 0.392. The largest absolute Gasteiger partial charge is 0.486 e. The summed E-state index contributed by atoms with van der Waals surface area (Å²) in [5.74, 6) is -1.95. The zero-order chi connectivity index (χ0) is 32.4. The second kappa shape index (κ2) is 11.3. The lowest BCUT2D eigenvalue weighted by Crippen LogP contribution is -2.71. The fourth-order valence-corrected chi connectivity index (χ4v) is 9.06. The van der Waals surface area contributed by atoms with E-state index in [0.29, 0.717) is 17.9 Å². The number of aliphatic hydroxyl groups excluding tert-OH is 1. The van der Waals surface area contributed by atoms with Crippen molar-refractivity contribution < 1.29 is 47.2 Å². The van der Waals surface area contributed by atoms with Crippen molar-refractivity contribution in [1.29, 1.82) is 0 Å². The number of ether oxygens (including phenoxy) is 4. The number of allylic oxidation sites excluding steroid dienone is 4. The van der Waals surface area contributed by atoms with Gasteiger partial charge in [0, 0.05) is 22.4 Å². The van der Waals surface area contributed by atoms with Gasteiger partial charge in [-0.2, -0.15) is 0 Å². The molecule has 1 saturated heterocycles. The molecule has 1 aliphatic heterocycles. The first-order chi connectivity index (χ1) is 21.3. The van der Waals surface area contributed by atoms with Crippen molar-refractivity contribution in [3.05, 3.63) is 48.1 Å². The summed E-state index contributed by atoms with van der Waals surface area (Å²) >= 11 is 0. The number of hydrogen-bond donors (Lipinski definition) is 2. The number of benzene rings is 1. The van der Waals surface area contributed by atoms with Crippen molar-refractivity contribution in [3.8, 4) is 5.75 Å². The minimum atomic E-state index is -2.27. The average molecular weight is 630 g/mol. The van der Waals surface area contributed by atoms with Gasteiger partial charge in [-0.15, -0.1) is 0 Å². The van der Waals surface area contributed by atoms with Gasteiger partial charge >= 0.3 is 6.09 Å². The molecule has 2 N–H and O–H groups in total. The fraction of sp³-hybridized carbons (Fsp3) is 0.618. The van der Waals surface area contributed by atoms with Crippen LogP contribution in [0.5, 0.6) is 5.75 Å². The van der Waals surface area contributed by atoms with Gasteiger partial charge in [-0.25, -0.2) is 13.6 Å². The van der Waals surface area contributed by atoms with Crippen LogP contribution in [0.3, 0.4) is 0 Å². The second-order valence-corrected chi connectivity index (χ2v) is 13.4. The molecule has 1 aromatic rings. The average Bonchev–Trinajstić information content (AvgIpc) is 3.47. The van der Waals surface area contributed by atoms with Crippen LogP contribution in [0.25, 0.3) is 0 Å². The summed E-state index contributed by atoms with van der Waals surface area (Å²) in [4.78, 5) is 38.2. The molecule has 0 radical (unpaired) electrons. The van der Waals surface area contributed by atoms with Crippen LogP contribution in [0.2, 0.25) is 0 Å². The van der Waals surface area contributed by atoms with Crippen LogP contribution >= 0.6 is 0 Å². The molecule has 5 aliphatic rings. The summed E-state index contributed by atoms with van der Waals surface area (Å²) < 4.78 is 57.1. The SMILES string of the molecule is CCCC1O[C@@H]2C[C@H]3[C@@H]4C[C@H](F)C5=CC(=O)C=C[C@]5(C)[C@@]4(F)[C@@H](O)C[C@]3(C)[C@]2(C(=O)COc2ccc(NC(=O)OCC)cc2)O1. The maximum atomic E-state index is 17.6. The number of carbonyl (C=O) groups excluding carboxylic acids is 3. The summed E-state index contributed by atoms with van der Waals surface area (Å²) in [5, 5.41) is 14.3. The number of aliphatic hydroxyl groups is 1. The first kappa shape index (κ1) is 31.8. The van der Waals surface area contributed by atoms with Crippen LogP contribution in [-0.2, 0) is 23.8 Å². The molecule has 4 aliphatic carbocycles. The van der Waals surface area contributed by atoms with Crippen LogP contribution in [0.4, 0.5) is 19.3 Å². The Morgan fingerprint density at radius 2 is 1.87 bits per heavy atom. The van der Waals surface area contributed by atoms with Crippen molar-refractivity contribution in [3.63, 3.8) is 0 Å². The molecule has 1 unspecified atom stereocenters. The lowest BCUT2D eigenvalue weighted by molar-refractivity contribution is -0.234. The van der Waals surface area contributed by atoms with Gasteiger partial charge in [-0.05, 0) is 87.4 Å². The molecule has 0 aromatic heterocycles. The van der Waals surface area contributed by atoms with Crippen molar-refractivity contribution in [1.82, 2.24) is 0 Å². The van der Waals surface area contributed by atoms with Gasteiger partial charge in [0.1, 0.15) is 18.5 Å². The number of Topliss-reactive ketones (excluding diaryl/α,β-unsaturated/α-hetero) is 1. The summed E-state index contributed by atoms with van der Waals surface area (Å²) in [6.07, 6.45) is -0.151. The lowest BCUT2D eigenvalue weighted by atomic mass is 9.44. The molecule has 10 atom stereocenters. The van der Waals surface area contributed by atoms with E-state index in [1.807, 2.05) is 13.8 Å². The Labute approximate surface area is 261 Å². The Bertz CT molecular complexity index is 1430. The molecule has 0 bridgehead atoms. The van der Waals surface area contributed by atoms with Crippen LogP contribution in [0.15, 0.2) is 48.1 Å². The van der Waals surface area contributed by atoms with Crippen LogP contribution in [-0.4, -0.2) is 71.9 Å². The van der Waals surface area contributed by atoms with Crippen molar-refractivity contribution in [2.45, 2.75) is 95.7 Å². The second-order valence-electron chi connectivity index (χ2n) is 13.4. The van der Waals surface area contributed by atoms with Crippen molar-refractivity contribution in [2.75, 3.05) is 18.5 Å². The van der Waals surface area contributed by atoms with E-state index in [2.05, 4.69) is 5.32 Å². The third kappa shape index (κ3) is 4.59. The minimum absolute atomic E-state index is 0.0489. The summed E-state index contributed by atoms with van der Waals surface area (Å²) in [6.45, 7) is 6.91. The van der Waals surface area contributed by atoms with E-state index in [1.165, 1.54) is 12.2 Å². The monoisotopic (exact) mass is 629 g/mol. The molecule has 1 aromatic carbocycles. The molecule has 3 saturated carbocycles. The molecule has 4 fully saturated rings. The van der Waals surface area contributed by atoms with Gasteiger partial charge < -0.3 is 24.1 Å². The van der Waals surface area contributed by atoms with Gasteiger partial charge in [-0.1, -0.05) is 26.3 Å². The number of nitrogens with one attached hydrogen (secondary N) is 1.